The normalized spacial score (nSPS) is 10.9. The van der Waals surface area contributed by atoms with Crippen molar-refractivity contribution in [2.45, 2.75) is 6.92 Å². The maximum atomic E-state index is 11.8. The number of carbonyl (C=O) groups is 1. The fourth-order valence-electron chi connectivity index (χ4n) is 2.15. The monoisotopic (exact) mass is 311 g/mol. The third kappa shape index (κ3) is 2.97. The number of aliphatic hydroxyl groups excluding tert-OH is 2. The molecule has 0 unspecified atom stereocenters. The first kappa shape index (κ1) is 15.6. The molecule has 0 saturated heterocycles. The van der Waals surface area contributed by atoms with Gasteiger partial charge in [0, 0.05) is 13.1 Å². The number of ether oxygens (including phenoxy) is 1. The lowest BCUT2D eigenvalue weighted by molar-refractivity contribution is 0.0605. The van der Waals surface area contributed by atoms with E-state index in [9.17, 15) is 4.79 Å². The largest absolute Gasteiger partial charge is 0.465 e. The quantitative estimate of drug-likeness (QED) is 0.753. The molecule has 21 heavy (non-hydrogen) atoms. The molecule has 0 aliphatic heterocycles. The highest BCUT2D eigenvalue weighted by Crippen LogP contribution is 2.35. The average Bonchev–Trinajstić information content (AvgIpc) is 2.83. The Bertz CT molecular complexity index is 638. The van der Waals surface area contributed by atoms with Gasteiger partial charge in [-0.25, -0.2) is 14.8 Å². The molecule has 0 aliphatic rings. The van der Waals surface area contributed by atoms with Crippen LogP contribution in [0.2, 0.25) is 0 Å². The molecule has 0 aliphatic carbocycles. The molecule has 2 aromatic heterocycles. The SMILES string of the molecule is COC(=O)c1sc2ncnc(N(CCO)CCO)c2c1C. The Balaban J connectivity index is 2.58. The van der Waals surface area contributed by atoms with Crippen molar-refractivity contribution in [3.05, 3.63) is 16.8 Å². The molecule has 0 saturated carbocycles. The van der Waals surface area contributed by atoms with E-state index < -0.39 is 5.97 Å². The van der Waals surface area contributed by atoms with Crippen LogP contribution in [0.25, 0.3) is 10.2 Å². The number of carbonyl (C=O) groups excluding carboxylic acids is 1. The number of aryl methyl sites for hydroxylation is 1. The minimum atomic E-state index is -0.405. The van der Waals surface area contributed by atoms with E-state index >= 15 is 0 Å². The van der Waals surface area contributed by atoms with Crippen LogP contribution in [0.1, 0.15) is 15.2 Å². The molecule has 2 aromatic rings. The molecule has 0 atom stereocenters. The summed E-state index contributed by atoms with van der Waals surface area (Å²) in [6, 6.07) is 0. The van der Waals surface area contributed by atoms with E-state index in [4.69, 9.17) is 14.9 Å². The number of thiophene rings is 1. The van der Waals surface area contributed by atoms with Crippen molar-refractivity contribution < 1.29 is 19.7 Å². The second-order valence-corrected chi connectivity index (χ2v) is 5.36. The molecule has 0 fully saturated rings. The van der Waals surface area contributed by atoms with Gasteiger partial charge in [-0.15, -0.1) is 11.3 Å². The van der Waals surface area contributed by atoms with Crippen LogP contribution < -0.4 is 4.90 Å². The van der Waals surface area contributed by atoms with Crippen LogP contribution in [0, 0.1) is 6.92 Å². The molecule has 0 spiro atoms. The summed E-state index contributed by atoms with van der Waals surface area (Å²) < 4.78 is 4.77. The van der Waals surface area contributed by atoms with Gasteiger partial charge in [0.2, 0.25) is 0 Å². The Morgan fingerprint density at radius 2 is 2.00 bits per heavy atom. The van der Waals surface area contributed by atoms with Crippen LogP contribution in [-0.4, -0.2) is 59.6 Å². The Kier molecular flexibility index (Phi) is 5.05. The fraction of sp³-hybridized carbons (Fsp3) is 0.462. The zero-order valence-electron chi connectivity index (χ0n) is 11.9. The number of aliphatic hydroxyl groups is 2. The molecule has 0 radical (unpaired) electrons. The van der Waals surface area contributed by atoms with Gasteiger partial charge in [-0.3, -0.25) is 0 Å². The van der Waals surface area contributed by atoms with E-state index in [0.717, 1.165) is 10.9 Å². The highest BCUT2D eigenvalue weighted by Gasteiger charge is 2.21. The first-order valence-corrected chi connectivity index (χ1v) is 7.24. The van der Waals surface area contributed by atoms with Crippen molar-refractivity contribution in [2.75, 3.05) is 38.3 Å². The van der Waals surface area contributed by atoms with Crippen LogP contribution in [0.5, 0.6) is 0 Å². The van der Waals surface area contributed by atoms with Crippen molar-refractivity contribution in [3.63, 3.8) is 0 Å². The molecule has 0 aromatic carbocycles. The number of rotatable bonds is 6. The number of methoxy groups -OCH3 is 1. The molecule has 2 heterocycles. The Morgan fingerprint density at radius 3 is 2.57 bits per heavy atom. The number of aromatic nitrogens is 2. The third-order valence-electron chi connectivity index (χ3n) is 3.12. The minimum absolute atomic E-state index is 0.0570. The molecule has 0 bridgehead atoms. The van der Waals surface area contributed by atoms with Gasteiger partial charge in [-0.2, -0.15) is 0 Å². The van der Waals surface area contributed by atoms with Crippen molar-refractivity contribution in [1.82, 2.24) is 9.97 Å². The maximum Gasteiger partial charge on any atom is 0.348 e. The molecular formula is C13H17N3O4S. The lowest BCUT2D eigenvalue weighted by Crippen LogP contribution is -2.30. The van der Waals surface area contributed by atoms with E-state index in [-0.39, 0.29) is 13.2 Å². The summed E-state index contributed by atoms with van der Waals surface area (Å²) in [4.78, 5) is 23.2. The van der Waals surface area contributed by atoms with Gasteiger partial charge < -0.3 is 19.8 Å². The highest BCUT2D eigenvalue weighted by molar-refractivity contribution is 7.20. The highest BCUT2D eigenvalue weighted by atomic mass is 32.1. The first-order valence-electron chi connectivity index (χ1n) is 6.43. The van der Waals surface area contributed by atoms with Crippen molar-refractivity contribution in [3.8, 4) is 0 Å². The second-order valence-electron chi connectivity index (χ2n) is 4.36. The summed E-state index contributed by atoms with van der Waals surface area (Å²) >= 11 is 1.25. The van der Waals surface area contributed by atoms with Crippen LogP contribution in [0.4, 0.5) is 5.82 Å². The standard InChI is InChI=1S/C13H17N3O4S/c1-8-9-11(16(3-5-17)4-6-18)14-7-15-12(9)21-10(8)13(19)20-2/h7,17-18H,3-6H2,1-2H3. The lowest BCUT2D eigenvalue weighted by atomic mass is 10.2. The topological polar surface area (TPSA) is 95.8 Å². The number of nitrogens with zero attached hydrogens (tertiary/aromatic N) is 3. The summed E-state index contributed by atoms with van der Waals surface area (Å²) in [7, 11) is 1.34. The predicted molar refractivity (Wildman–Crippen MR) is 79.9 cm³/mol. The van der Waals surface area contributed by atoms with E-state index in [1.54, 1.807) is 4.90 Å². The smallest absolute Gasteiger partial charge is 0.348 e. The summed E-state index contributed by atoms with van der Waals surface area (Å²) in [5, 5.41) is 19.1. The van der Waals surface area contributed by atoms with Gasteiger partial charge in [0.05, 0.1) is 25.7 Å². The van der Waals surface area contributed by atoms with Gasteiger partial charge in [-0.05, 0) is 12.5 Å². The van der Waals surface area contributed by atoms with E-state index in [1.165, 1.54) is 24.8 Å². The average molecular weight is 311 g/mol. The zero-order chi connectivity index (χ0) is 15.4. The van der Waals surface area contributed by atoms with E-state index in [1.807, 2.05) is 6.92 Å². The van der Waals surface area contributed by atoms with Crippen LogP contribution in [-0.2, 0) is 4.74 Å². The number of esters is 1. The molecule has 0 amide bonds. The molecule has 2 rings (SSSR count). The van der Waals surface area contributed by atoms with Crippen molar-refractivity contribution in [2.24, 2.45) is 0 Å². The predicted octanol–water partition coefficient (Wildman–Crippen LogP) is 0.577. The molecular weight excluding hydrogens is 294 g/mol. The van der Waals surface area contributed by atoms with Crippen LogP contribution in [0.3, 0.4) is 0 Å². The van der Waals surface area contributed by atoms with Gasteiger partial charge in [0.1, 0.15) is 21.9 Å². The number of hydrogen-bond acceptors (Lipinski definition) is 8. The third-order valence-corrected chi connectivity index (χ3v) is 4.30. The molecule has 7 nitrogen and oxygen atoms in total. The summed E-state index contributed by atoms with van der Waals surface area (Å²) in [6.07, 6.45) is 1.41. The van der Waals surface area contributed by atoms with Crippen molar-refractivity contribution >= 4 is 33.3 Å². The molecule has 2 N–H and O–H groups in total. The summed E-state index contributed by atoms with van der Waals surface area (Å²) in [6.45, 7) is 2.39. The van der Waals surface area contributed by atoms with Crippen LogP contribution >= 0.6 is 11.3 Å². The van der Waals surface area contributed by atoms with Gasteiger partial charge >= 0.3 is 5.97 Å². The van der Waals surface area contributed by atoms with Gasteiger partial charge in [0.15, 0.2) is 0 Å². The zero-order valence-corrected chi connectivity index (χ0v) is 12.7. The van der Waals surface area contributed by atoms with E-state index in [0.29, 0.717) is 28.6 Å². The van der Waals surface area contributed by atoms with Gasteiger partial charge in [0.25, 0.3) is 0 Å². The number of fused-ring (bicyclic) bond motifs is 1. The lowest BCUT2D eigenvalue weighted by Gasteiger charge is -2.22. The van der Waals surface area contributed by atoms with Gasteiger partial charge in [-0.1, -0.05) is 0 Å². The summed E-state index contributed by atoms with van der Waals surface area (Å²) in [5.74, 6) is 0.198. The molecule has 8 heteroatoms. The number of anilines is 1. The van der Waals surface area contributed by atoms with Crippen LogP contribution in [0.15, 0.2) is 6.33 Å². The Hall–Kier alpha value is -1.77. The summed E-state index contributed by atoms with van der Waals surface area (Å²) in [5.41, 5.74) is 0.748. The minimum Gasteiger partial charge on any atom is -0.465 e. The van der Waals surface area contributed by atoms with Crippen molar-refractivity contribution in [1.29, 1.82) is 0 Å². The van der Waals surface area contributed by atoms with E-state index in [2.05, 4.69) is 9.97 Å². The first-order chi connectivity index (χ1) is 10.1. The maximum absolute atomic E-state index is 11.8. The Labute approximate surface area is 125 Å². The molecule has 114 valence electrons. The Morgan fingerprint density at radius 1 is 1.33 bits per heavy atom. The second kappa shape index (κ2) is 6.79. The number of hydrogen-bond donors (Lipinski definition) is 2. The fourth-order valence-corrected chi connectivity index (χ4v) is 3.21.